The summed E-state index contributed by atoms with van der Waals surface area (Å²) in [6, 6.07) is 12.5. The Kier molecular flexibility index (Phi) is 6.28. The molecular weight excluding hydrogens is 352 g/mol. The highest BCUT2D eigenvalue weighted by Gasteiger charge is 2.14. The number of rotatable bonds is 7. The van der Waals surface area contributed by atoms with Crippen molar-refractivity contribution in [2.75, 3.05) is 0 Å². The number of hydrogen-bond acceptors (Lipinski definition) is 4. The molecule has 1 amide bonds. The van der Waals surface area contributed by atoms with Crippen LogP contribution in [0.3, 0.4) is 0 Å². The molecule has 2 rings (SSSR count). The van der Waals surface area contributed by atoms with E-state index in [1.165, 1.54) is 31.2 Å². The molecule has 0 bridgehead atoms. The zero-order valence-electron chi connectivity index (χ0n) is 14.9. The molecule has 0 saturated carbocycles. The summed E-state index contributed by atoms with van der Waals surface area (Å²) in [5, 5.41) is 2.79. The molecule has 0 atom stereocenters. The molecule has 0 aliphatic rings. The van der Waals surface area contributed by atoms with Gasteiger partial charge in [0, 0.05) is 23.7 Å². The van der Waals surface area contributed by atoms with Crippen molar-refractivity contribution in [3.63, 3.8) is 0 Å². The van der Waals surface area contributed by atoms with Crippen LogP contribution in [0.2, 0.25) is 0 Å². The summed E-state index contributed by atoms with van der Waals surface area (Å²) >= 11 is 0. The van der Waals surface area contributed by atoms with E-state index >= 15 is 0 Å². The molecule has 0 saturated heterocycles. The van der Waals surface area contributed by atoms with Gasteiger partial charge < -0.3 is 5.32 Å². The van der Waals surface area contributed by atoms with Gasteiger partial charge in [-0.2, -0.15) is 0 Å². The van der Waals surface area contributed by atoms with Gasteiger partial charge in [-0.1, -0.05) is 24.3 Å². The van der Waals surface area contributed by atoms with Gasteiger partial charge in [0.2, 0.25) is 10.0 Å². The average molecular weight is 374 g/mol. The van der Waals surface area contributed by atoms with Crippen molar-refractivity contribution < 1.29 is 18.0 Å². The molecule has 7 heteroatoms. The predicted molar refractivity (Wildman–Crippen MR) is 99.5 cm³/mol. The molecule has 0 spiro atoms. The van der Waals surface area contributed by atoms with Gasteiger partial charge in [0.05, 0.1) is 4.90 Å². The predicted octanol–water partition coefficient (Wildman–Crippen LogP) is 2.51. The molecule has 138 valence electrons. The van der Waals surface area contributed by atoms with E-state index in [0.29, 0.717) is 11.1 Å². The lowest BCUT2D eigenvalue weighted by molar-refractivity contribution is 0.0942. The van der Waals surface area contributed by atoms with Gasteiger partial charge in [-0.3, -0.25) is 9.59 Å². The number of nitrogens with one attached hydrogen (secondary N) is 2. The second-order valence-corrected chi connectivity index (χ2v) is 8.00. The Morgan fingerprint density at radius 3 is 1.96 bits per heavy atom. The van der Waals surface area contributed by atoms with Crippen molar-refractivity contribution >= 4 is 21.7 Å². The van der Waals surface area contributed by atoms with Crippen LogP contribution < -0.4 is 10.0 Å². The highest BCUT2D eigenvalue weighted by molar-refractivity contribution is 7.89. The first kappa shape index (κ1) is 19.8. The van der Waals surface area contributed by atoms with E-state index in [4.69, 9.17) is 0 Å². The fraction of sp³-hybridized carbons (Fsp3) is 0.263. The molecule has 0 aliphatic carbocycles. The van der Waals surface area contributed by atoms with Crippen LogP contribution >= 0.6 is 0 Å². The first-order valence-electron chi connectivity index (χ1n) is 8.19. The first-order chi connectivity index (χ1) is 12.2. The van der Waals surface area contributed by atoms with Crippen molar-refractivity contribution in [2.24, 2.45) is 0 Å². The third-order valence-electron chi connectivity index (χ3n) is 3.67. The molecule has 26 heavy (non-hydrogen) atoms. The highest BCUT2D eigenvalue weighted by Crippen LogP contribution is 2.12. The minimum Gasteiger partial charge on any atom is -0.350 e. The Morgan fingerprint density at radius 1 is 0.923 bits per heavy atom. The summed E-state index contributed by atoms with van der Waals surface area (Å²) in [6.07, 6.45) is 0. The van der Waals surface area contributed by atoms with Crippen molar-refractivity contribution in [3.8, 4) is 0 Å². The molecule has 0 fully saturated rings. The van der Waals surface area contributed by atoms with E-state index in [9.17, 15) is 18.0 Å². The second-order valence-electron chi connectivity index (χ2n) is 6.23. The maximum absolute atomic E-state index is 12.3. The largest absolute Gasteiger partial charge is 0.350 e. The minimum atomic E-state index is -3.68. The third kappa shape index (κ3) is 5.24. The summed E-state index contributed by atoms with van der Waals surface area (Å²) in [4.78, 5) is 23.2. The van der Waals surface area contributed by atoms with E-state index in [1.807, 2.05) is 13.8 Å². The Balaban J connectivity index is 2.03. The highest BCUT2D eigenvalue weighted by atomic mass is 32.2. The van der Waals surface area contributed by atoms with Crippen LogP contribution in [0.25, 0.3) is 0 Å². The molecule has 2 aromatic rings. The van der Waals surface area contributed by atoms with Crippen LogP contribution in [0, 0.1) is 0 Å². The van der Waals surface area contributed by atoms with Crippen molar-refractivity contribution in [2.45, 2.75) is 38.3 Å². The Hall–Kier alpha value is -2.51. The van der Waals surface area contributed by atoms with Crippen molar-refractivity contribution in [1.29, 1.82) is 0 Å². The van der Waals surface area contributed by atoms with Crippen LogP contribution in [0.4, 0.5) is 0 Å². The maximum Gasteiger partial charge on any atom is 0.251 e. The number of amides is 1. The summed E-state index contributed by atoms with van der Waals surface area (Å²) in [5.74, 6) is -0.291. The molecule has 6 nitrogen and oxygen atoms in total. The van der Waals surface area contributed by atoms with Crippen LogP contribution in [-0.2, 0) is 16.6 Å². The fourth-order valence-electron chi connectivity index (χ4n) is 2.25. The number of Topliss-reactive ketones (excluding diaryl/α,β-unsaturated/α-hetero) is 1. The quantitative estimate of drug-likeness (QED) is 0.729. The third-order valence-corrected chi connectivity index (χ3v) is 5.09. The standard InChI is InChI=1S/C19H22N2O4S/c1-13(2)21-19(23)17-6-4-15(5-7-17)12-20-26(24,25)18-10-8-16(9-11-18)14(3)22/h4-11,13,20H,12H2,1-3H3,(H,21,23). The lowest BCUT2D eigenvalue weighted by atomic mass is 10.1. The molecule has 0 unspecified atom stereocenters. The van der Waals surface area contributed by atoms with Gasteiger partial charge in [-0.15, -0.1) is 0 Å². The van der Waals surface area contributed by atoms with Crippen LogP contribution in [-0.4, -0.2) is 26.2 Å². The van der Waals surface area contributed by atoms with Gasteiger partial charge in [-0.05, 0) is 50.6 Å². The monoisotopic (exact) mass is 374 g/mol. The summed E-state index contributed by atoms with van der Waals surface area (Å²) in [5.41, 5.74) is 1.71. The molecule has 2 aromatic carbocycles. The zero-order valence-corrected chi connectivity index (χ0v) is 15.8. The number of benzene rings is 2. The summed E-state index contributed by atoms with van der Waals surface area (Å²) in [7, 11) is -3.68. The summed E-state index contributed by atoms with van der Waals surface area (Å²) in [6.45, 7) is 5.28. The van der Waals surface area contributed by atoms with E-state index in [1.54, 1.807) is 24.3 Å². The van der Waals surface area contributed by atoms with E-state index < -0.39 is 10.0 Å². The number of sulfonamides is 1. The molecule has 2 N–H and O–H groups in total. The molecule has 0 heterocycles. The van der Waals surface area contributed by atoms with Gasteiger partial charge >= 0.3 is 0 Å². The SMILES string of the molecule is CC(=O)c1ccc(S(=O)(=O)NCc2ccc(C(=O)NC(C)C)cc2)cc1. The molecule has 0 aliphatic heterocycles. The summed E-state index contributed by atoms with van der Waals surface area (Å²) < 4.78 is 27.2. The normalized spacial score (nSPS) is 11.4. The molecule has 0 radical (unpaired) electrons. The first-order valence-corrected chi connectivity index (χ1v) is 9.68. The minimum absolute atomic E-state index is 0.0448. The van der Waals surface area contributed by atoms with Crippen molar-refractivity contribution in [3.05, 3.63) is 65.2 Å². The smallest absolute Gasteiger partial charge is 0.251 e. The lowest BCUT2D eigenvalue weighted by Gasteiger charge is -2.10. The number of carbonyl (C=O) groups is 2. The van der Waals surface area contributed by atoms with Crippen LogP contribution in [0.1, 0.15) is 47.1 Å². The van der Waals surface area contributed by atoms with E-state index in [2.05, 4.69) is 10.0 Å². The molecular formula is C19H22N2O4S. The Labute approximate surface area is 153 Å². The van der Waals surface area contributed by atoms with Crippen LogP contribution in [0.15, 0.2) is 53.4 Å². The number of hydrogen-bond donors (Lipinski definition) is 2. The fourth-order valence-corrected chi connectivity index (χ4v) is 3.27. The topological polar surface area (TPSA) is 92.3 Å². The lowest BCUT2D eigenvalue weighted by Crippen LogP contribution is -2.30. The van der Waals surface area contributed by atoms with Crippen LogP contribution in [0.5, 0.6) is 0 Å². The second kappa shape index (κ2) is 8.25. The Bertz CT molecular complexity index is 886. The average Bonchev–Trinajstić information content (AvgIpc) is 2.60. The van der Waals surface area contributed by atoms with Gasteiger partial charge in [0.25, 0.3) is 5.91 Å². The Morgan fingerprint density at radius 2 is 1.46 bits per heavy atom. The maximum atomic E-state index is 12.3. The molecule has 0 aromatic heterocycles. The number of ketones is 1. The van der Waals surface area contributed by atoms with Crippen molar-refractivity contribution in [1.82, 2.24) is 10.0 Å². The zero-order chi connectivity index (χ0) is 19.3. The van der Waals surface area contributed by atoms with E-state index in [0.717, 1.165) is 5.56 Å². The van der Waals surface area contributed by atoms with Gasteiger partial charge in [0.15, 0.2) is 5.78 Å². The number of carbonyl (C=O) groups excluding carboxylic acids is 2. The van der Waals surface area contributed by atoms with Gasteiger partial charge in [0.1, 0.15) is 0 Å². The van der Waals surface area contributed by atoms with Gasteiger partial charge in [-0.25, -0.2) is 13.1 Å². The van der Waals surface area contributed by atoms with E-state index in [-0.39, 0.29) is 29.2 Å².